The second kappa shape index (κ2) is 12.2. The van der Waals surface area contributed by atoms with Gasteiger partial charge in [-0.15, -0.1) is 0 Å². The first-order chi connectivity index (χ1) is 17.4. The van der Waals surface area contributed by atoms with Crippen molar-refractivity contribution in [2.45, 2.75) is 0 Å². The van der Waals surface area contributed by atoms with Gasteiger partial charge in [0.15, 0.2) is 11.5 Å². The van der Waals surface area contributed by atoms with E-state index in [1.54, 1.807) is 59.8 Å². The molecule has 0 aliphatic rings. The molecule has 1 amide bonds. The van der Waals surface area contributed by atoms with Crippen molar-refractivity contribution in [2.24, 2.45) is 0 Å². The number of nitrogens with two attached hydrogens (primary N) is 1. The molecule has 8 nitrogen and oxygen atoms in total. The SMILES string of the molecule is COc1ccc(/C=C/C(=O)Nc2ccc(C=Cc3cc(OC)c(OC)c(OC)c3)cc2OC)cc1N. The molecule has 8 heteroatoms. The molecule has 3 rings (SSSR count). The number of methoxy groups -OCH3 is 5. The number of ether oxygens (including phenoxy) is 5. The number of benzene rings is 3. The molecule has 0 spiro atoms. The van der Waals surface area contributed by atoms with Crippen molar-refractivity contribution >= 4 is 35.5 Å². The van der Waals surface area contributed by atoms with Gasteiger partial charge in [-0.2, -0.15) is 0 Å². The van der Waals surface area contributed by atoms with Gasteiger partial charge in [0.05, 0.1) is 46.9 Å². The predicted molar refractivity (Wildman–Crippen MR) is 143 cm³/mol. The lowest BCUT2D eigenvalue weighted by Gasteiger charge is -2.13. The summed E-state index contributed by atoms with van der Waals surface area (Å²) in [6, 6.07) is 14.5. The Morgan fingerprint density at radius 3 is 1.81 bits per heavy atom. The highest BCUT2D eigenvalue weighted by Gasteiger charge is 2.12. The Kier molecular flexibility index (Phi) is 8.83. The van der Waals surface area contributed by atoms with Crippen LogP contribution in [0.3, 0.4) is 0 Å². The van der Waals surface area contributed by atoms with Gasteiger partial charge in [-0.1, -0.05) is 24.3 Å². The third-order valence-electron chi connectivity index (χ3n) is 5.32. The zero-order chi connectivity index (χ0) is 26.1. The van der Waals surface area contributed by atoms with E-state index in [-0.39, 0.29) is 5.91 Å². The van der Waals surface area contributed by atoms with Crippen molar-refractivity contribution in [2.75, 3.05) is 46.6 Å². The fourth-order valence-electron chi connectivity index (χ4n) is 3.51. The van der Waals surface area contributed by atoms with Crippen molar-refractivity contribution in [1.29, 1.82) is 0 Å². The van der Waals surface area contributed by atoms with Crippen molar-refractivity contribution in [3.63, 3.8) is 0 Å². The molecule has 36 heavy (non-hydrogen) atoms. The first-order valence-corrected chi connectivity index (χ1v) is 11.0. The van der Waals surface area contributed by atoms with E-state index in [1.165, 1.54) is 6.08 Å². The molecular weight excluding hydrogens is 460 g/mol. The molecule has 3 N–H and O–H groups in total. The summed E-state index contributed by atoms with van der Waals surface area (Å²) in [7, 11) is 7.81. The van der Waals surface area contributed by atoms with Crippen molar-refractivity contribution < 1.29 is 28.5 Å². The summed E-state index contributed by atoms with van der Waals surface area (Å²) < 4.78 is 26.8. The third-order valence-corrected chi connectivity index (χ3v) is 5.32. The van der Waals surface area contributed by atoms with Gasteiger partial charge in [0.25, 0.3) is 0 Å². The Morgan fingerprint density at radius 1 is 0.667 bits per heavy atom. The van der Waals surface area contributed by atoms with Crippen LogP contribution in [0, 0.1) is 0 Å². The van der Waals surface area contributed by atoms with Gasteiger partial charge >= 0.3 is 0 Å². The summed E-state index contributed by atoms with van der Waals surface area (Å²) in [6.07, 6.45) is 6.94. The minimum Gasteiger partial charge on any atom is -0.495 e. The highest BCUT2D eigenvalue weighted by Crippen LogP contribution is 2.38. The molecule has 0 radical (unpaired) electrons. The average molecular weight is 491 g/mol. The average Bonchev–Trinajstić information content (AvgIpc) is 2.90. The lowest BCUT2D eigenvalue weighted by Crippen LogP contribution is -2.09. The third kappa shape index (κ3) is 6.29. The smallest absolute Gasteiger partial charge is 0.248 e. The number of carbonyl (C=O) groups excluding carboxylic acids is 1. The number of amides is 1. The maximum absolute atomic E-state index is 12.5. The van der Waals surface area contributed by atoms with E-state index in [4.69, 9.17) is 29.4 Å². The number of nitrogen functional groups attached to an aromatic ring is 1. The molecule has 3 aromatic rings. The summed E-state index contributed by atoms with van der Waals surface area (Å²) in [5, 5.41) is 2.83. The number of hydrogen-bond donors (Lipinski definition) is 2. The van der Waals surface area contributed by atoms with Crippen LogP contribution in [0.4, 0.5) is 11.4 Å². The van der Waals surface area contributed by atoms with Gasteiger partial charge in [-0.25, -0.2) is 0 Å². The Hall–Kier alpha value is -4.59. The van der Waals surface area contributed by atoms with Gasteiger partial charge in [0.1, 0.15) is 11.5 Å². The van der Waals surface area contributed by atoms with Crippen LogP contribution in [0.15, 0.2) is 54.6 Å². The number of anilines is 2. The molecule has 0 aliphatic heterocycles. The largest absolute Gasteiger partial charge is 0.495 e. The molecule has 0 unspecified atom stereocenters. The Labute approximate surface area is 210 Å². The first kappa shape index (κ1) is 26.0. The van der Waals surface area contributed by atoms with E-state index < -0.39 is 0 Å². The van der Waals surface area contributed by atoms with E-state index in [0.717, 1.165) is 16.7 Å². The Morgan fingerprint density at radius 2 is 1.22 bits per heavy atom. The molecule has 0 bridgehead atoms. The Balaban J connectivity index is 1.74. The molecular formula is C28H30N2O6. The minimum absolute atomic E-state index is 0.302. The number of nitrogens with one attached hydrogen (secondary N) is 1. The van der Waals surface area contributed by atoms with E-state index in [1.807, 2.05) is 42.5 Å². The van der Waals surface area contributed by atoms with Gasteiger partial charge in [0, 0.05) is 6.08 Å². The van der Waals surface area contributed by atoms with Gasteiger partial charge in [-0.3, -0.25) is 4.79 Å². The van der Waals surface area contributed by atoms with Crippen LogP contribution in [0.5, 0.6) is 28.7 Å². The molecule has 0 saturated heterocycles. The Bertz CT molecular complexity index is 1260. The molecule has 0 aliphatic carbocycles. The van der Waals surface area contributed by atoms with Crippen LogP contribution in [0.1, 0.15) is 16.7 Å². The standard InChI is InChI=1S/C28H30N2O6/c1-32-23-12-9-18(14-21(23)29)10-13-27(31)30-22-11-8-19(15-24(22)33-2)6-7-20-16-25(34-3)28(36-5)26(17-20)35-4/h6-17H,29H2,1-5H3,(H,30,31)/b7-6?,13-10+. The van der Waals surface area contributed by atoms with Crippen LogP contribution in [0.2, 0.25) is 0 Å². The van der Waals surface area contributed by atoms with E-state index in [0.29, 0.717) is 40.1 Å². The van der Waals surface area contributed by atoms with E-state index >= 15 is 0 Å². The highest BCUT2D eigenvalue weighted by atomic mass is 16.5. The molecule has 188 valence electrons. The molecule has 0 fully saturated rings. The zero-order valence-corrected chi connectivity index (χ0v) is 21.0. The van der Waals surface area contributed by atoms with Crippen LogP contribution in [0.25, 0.3) is 18.2 Å². The summed E-state index contributed by atoms with van der Waals surface area (Å²) in [5.41, 5.74) is 9.49. The number of rotatable bonds is 10. The molecule has 0 aromatic heterocycles. The fourth-order valence-corrected chi connectivity index (χ4v) is 3.51. The summed E-state index contributed by atoms with van der Waals surface area (Å²) in [6.45, 7) is 0. The maximum atomic E-state index is 12.5. The minimum atomic E-state index is -0.302. The summed E-state index contributed by atoms with van der Waals surface area (Å²) in [4.78, 5) is 12.5. The van der Waals surface area contributed by atoms with Crippen LogP contribution >= 0.6 is 0 Å². The normalized spacial score (nSPS) is 10.9. The number of hydrogen-bond acceptors (Lipinski definition) is 7. The lowest BCUT2D eigenvalue weighted by molar-refractivity contribution is -0.111. The molecule has 0 saturated carbocycles. The molecule has 3 aromatic carbocycles. The fraction of sp³-hybridized carbons (Fsp3) is 0.179. The summed E-state index contributed by atoms with van der Waals surface area (Å²) >= 11 is 0. The maximum Gasteiger partial charge on any atom is 0.248 e. The van der Waals surface area contributed by atoms with Gasteiger partial charge < -0.3 is 34.7 Å². The van der Waals surface area contributed by atoms with Crippen molar-refractivity contribution in [1.82, 2.24) is 0 Å². The van der Waals surface area contributed by atoms with Gasteiger partial charge in [0.2, 0.25) is 11.7 Å². The van der Waals surface area contributed by atoms with E-state index in [2.05, 4.69) is 5.32 Å². The summed E-state index contributed by atoms with van der Waals surface area (Å²) in [5.74, 6) is 2.47. The van der Waals surface area contributed by atoms with Crippen LogP contribution in [-0.4, -0.2) is 41.5 Å². The van der Waals surface area contributed by atoms with Crippen LogP contribution in [-0.2, 0) is 4.79 Å². The second-order valence-corrected chi connectivity index (χ2v) is 7.58. The molecule has 0 heterocycles. The van der Waals surface area contributed by atoms with Gasteiger partial charge in [-0.05, 0) is 59.2 Å². The second-order valence-electron chi connectivity index (χ2n) is 7.58. The van der Waals surface area contributed by atoms with Crippen molar-refractivity contribution in [3.8, 4) is 28.7 Å². The highest BCUT2D eigenvalue weighted by molar-refractivity contribution is 6.03. The molecule has 0 atom stereocenters. The van der Waals surface area contributed by atoms with E-state index in [9.17, 15) is 4.79 Å². The predicted octanol–water partition coefficient (Wildman–Crippen LogP) is 5.13. The monoisotopic (exact) mass is 490 g/mol. The lowest BCUT2D eigenvalue weighted by atomic mass is 10.1. The van der Waals surface area contributed by atoms with Crippen molar-refractivity contribution in [3.05, 3.63) is 71.3 Å². The quantitative estimate of drug-likeness (QED) is 0.231. The van der Waals surface area contributed by atoms with Crippen LogP contribution < -0.4 is 34.7 Å². The first-order valence-electron chi connectivity index (χ1n) is 11.0. The topological polar surface area (TPSA) is 101 Å². The zero-order valence-electron chi connectivity index (χ0n) is 21.0. The number of carbonyl (C=O) groups is 1.